The summed E-state index contributed by atoms with van der Waals surface area (Å²) < 4.78 is 148. The van der Waals surface area contributed by atoms with Crippen molar-refractivity contribution in [3.63, 3.8) is 0 Å². The van der Waals surface area contributed by atoms with Crippen LogP contribution >= 0.6 is 11.6 Å². The first-order valence-electron chi connectivity index (χ1n) is 19.4. The van der Waals surface area contributed by atoms with Gasteiger partial charge in [-0.3, -0.25) is 23.5 Å². The lowest BCUT2D eigenvalue weighted by Gasteiger charge is -2.24. The van der Waals surface area contributed by atoms with Crippen LogP contribution in [0.3, 0.4) is 0 Å². The van der Waals surface area contributed by atoms with Crippen LogP contribution in [0.1, 0.15) is 64.7 Å². The summed E-state index contributed by atoms with van der Waals surface area (Å²) in [5, 5.41) is 10.8. The Hall–Kier alpha value is -6.20. The molecule has 65 heavy (non-hydrogen) atoms. The number of anilines is 1. The molecule has 3 aromatic carbocycles. The van der Waals surface area contributed by atoms with Gasteiger partial charge < -0.3 is 9.87 Å². The fourth-order valence-corrected chi connectivity index (χ4v) is 9.20. The summed E-state index contributed by atoms with van der Waals surface area (Å²) >= 11 is 4.97. The zero-order chi connectivity index (χ0) is 46.6. The van der Waals surface area contributed by atoms with Crippen LogP contribution in [0.5, 0.6) is 0 Å². The average molecular weight is 949 g/mol. The molecule has 4 atom stereocenters. The lowest BCUT2D eigenvalue weighted by Crippen LogP contribution is -2.38. The Morgan fingerprint density at radius 1 is 1.03 bits per heavy atom. The summed E-state index contributed by atoms with van der Waals surface area (Å²) in [6.07, 6.45) is -7.44. The minimum absolute atomic E-state index is 0.0101. The standard InChI is InChI=1S/C41H30ClF9N10O3S/c1-16-8-25(55-39(52-16)41(49,50)51)18-4-5-21-26(12-18)54-37(61(38(21)63)28-7-6-24(42)31-33(28)59(2)57-36(31)58-65(3)64)27(11-17-9-19(43)13-20(44)10-17)53-29(62)15-60-34-30(32(56-60)35(45)46)22-14-23(22)40(34,47)48/h4-10,12-13,22-23,27,35H,11,14-15H2,1-3H3,(H,53,62)(H,57,58). The number of alkyl halides is 7. The van der Waals surface area contributed by atoms with Gasteiger partial charge >= 0.3 is 6.18 Å². The third kappa shape index (κ3) is 7.81. The zero-order valence-electron chi connectivity index (χ0n) is 33.6. The predicted molar refractivity (Wildman–Crippen MR) is 218 cm³/mol. The minimum atomic E-state index is -4.93. The van der Waals surface area contributed by atoms with Crippen molar-refractivity contribution in [2.45, 2.75) is 56.8 Å². The number of benzene rings is 3. The highest BCUT2D eigenvalue weighted by molar-refractivity contribution is 7.92. The van der Waals surface area contributed by atoms with Crippen molar-refractivity contribution in [1.82, 2.24) is 44.4 Å². The molecule has 2 N–H and O–H groups in total. The van der Waals surface area contributed by atoms with Crippen LogP contribution in [0.25, 0.3) is 38.8 Å². The molecule has 4 aromatic heterocycles. The second-order valence-electron chi connectivity index (χ2n) is 15.7. The second-order valence-corrected chi connectivity index (χ2v) is 17.2. The molecule has 7 aromatic rings. The number of fused-ring (bicyclic) bond motifs is 5. The molecule has 0 bridgehead atoms. The van der Waals surface area contributed by atoms with Gasteiger partial charge in [0.25, 0.3) is 17.9 Å². The van der Waals surface area contributed by atoms with Gasteiger partial charge in [-0.05, 0) is 67.3 Å². The van der Waals surface area contributed by atoms with Crippen LogP contribution in [0.2, 0.25) is 5.02 Å². The molecule has 9 rings (SSSR count). The molecule has 13 nitrogen and oxygen atoms in total. The fraction of sp³-hybridized carbons (Fsp3) is 0.293. The van der Waals surface area contributed by atoms with E-state index >= 15 is 13.6 Å². The van der Waals surface area contributed by atoms with E-state index in [1.165, 1.54) is 61.3 Å². The normalized spacial score (nSPS) is 17.4. The van der Waals surface area contributed by atoms with E-state index in [1.54, 1.807) is 0 Å². The summed E-state index contributed by atoms with van der Waals surface area (Å²) in [4.78, 5) is 41.1. The van der Waals surface area contributed by atoms with Crippen LogP contribution in [0.15, 0.2) is 59.4 Å². The third-order valence-electron chi connectivity index (χ3n) is 11.2. The van der Waals surface area contributed by atoms with Crippen LogP contribution < -0.4 is 15.6 Å². The summed E-state index contributed by atoms with van der Waals surface area (Å²) in [6, 6.07) is 8.67. The lowest BCUT2D eigenvalue weighted by molar-refractivity contribution is -0.145. The van der Waals surface area contributed by atoms with Gasteiger partial charge in [-0.25, -0.2) is 32.5 Å². The largest absolute Gasteiger partial charge is 0.593 e. The number of nitrogens with one attached hydrogen (secondary N) is 2. The minimum Gasteiger partial charge on any atom is -0.593 e. The van der Waals surface area contributed by atoms with E-state index in [9.17, 15) is 40.1 Å². The summed E-state index contributed by atoms with van der Waals surface area (Å²) in [6.45, 7) is 0.268. The molecule has 24 heteroatoms. The Kier molecular flexibility index (Phi) is 10.7. The van der Waals surface area contributed by atoms with Gasteiger partial charge in [-0.1, -0.05) is 17.7 Å². The number of halogens is 10. The number of carbonyl (C=O) groups excluding carboxylic acids is 1. The number of nitrogens with zero attached hydrogens (tertiary/aromatic N) is 8. The number of carbonyl (C=O) groups is 1. The summed E-state index contributed by atoms with van der Waals surface area (Å²) in [5.41, 5.74) is -3.28. The molecule has 2 aliphatic rings. The van der Waals surface area contributed by atoms with Gasteiger partial charge in [0.1, 0.15) is 41.6 Å². The Morgan fingerprint density at radius 3 is 2.43 bits per heavy atom. The van der Waals surface area contributed by atoms with Gasteiger partial charge in [-0.2, -0.15) is 31.8 Å². The van der Waals surface area contributed by atoms with E-state index < -0.39 is 101 Å². The molecule has 0 spiro atoms. The van der Waals surface area contributed by atoms with Gasteiger partial charge in [0.15, 0.2) is 0 Å². The Morgan fingerprint density at radius 2 is 1.75 bits per heavy atom. The average Bonchev–Trinajstić information content (AvgIpc) is 3.75. The third-order valence-corrected chi connectivity index (χ3v) is 12.0. The first kappa shape index (κ1) is 44.0. The highest BCUT2D eigenvalue weighted by Gasteiger charge is 2.67. The van der Waals surface area contributed by atoms with Crippen LogP contribution in [-0.4, -0.2) is 55.8 Å². The number of aromatic nitrogens is 8. The lowest BCUT2D eigenvalue weighted by atomic mass is 10.0. The van der Waals surface area contributed by atoms with Gasteiger partial charge in [0.05, 0.1) is 55.6 Å². The highest BCUT2D eigenvalue weighted by Crippen LogP contribution is 2.68. The van der Waals surface area contributed by atoms with Gasteiger partial charge in [-0.15, -0.1) is 5.10 Å². The van der Waals surface area contributed by atoms with Crippen molar-refractivity contribution in [3.05, 3.63) is 121 Å². The molecular weight excluding hydrogens is 919 g/mol. The SMILES string of the molecule is Cc1cc(-c2ccc3c(=O)n(-c4ccc(Cl)c5c(N[S+](C)[O-])nn(C)c45)c(C(Cc4cc(F)cc(F)c4)NC(=O)Cn4nc(C(F)F)c5c4C(F)(F)C4CC54)nc3c2)nc(C(F)(F)F)n1. The molecule has 0 radical (unpaired) electrons. The zero-order valence-corrected chi connectivity index (χ0v) is 35.2. The van der Waals surface area contributed by atoms with Crippen molar-refractivity contribution >= 4 is 56.5 Å². The van der Waals surface area contributed by atoms with E-state index in [0.29, 0.717) is 10.7 Å². The molecule has 4 unspecified atom stereocenters. The molecule has 1 fully saturated rings. The van der Waals surface area contributed by atoms with E-state index in [2.05, 4.69) is 30.2 Å². The van der Waals surface area contributed by atoms with Gasteiger partial charge in [0.2, 0.25) is 17.5 Å². The fourth-order valence-electron chi connectivity index (χ4n) is 8.54. The molecule has 0 aliphatic heterocycles. The van der Waals surface area contributed by atoms with Crippen LogP contribution in [0.4, 0.5) is 45.3 Å². The number of rotatable bonds is 11. The molecule has 338 valence electrons. The molecular formula is C41H30ClF9N10O3S. The van der Waals surface area contributed by atoms with E-state index in [1.807, 2.05) is 0 Å². The maximum absolute atomic E-state index is 15.5. The van der Waals surface area contributed by atoms with E-state index in [-0.39, 0.29) is 78.7 Å². The smallest absolute Gasteiger partial charge is 0.451 e. The predicted octanol–water partition coefficient (Wildman–Crippen LogP) is 8.14. The van der Waals surface area contributed by atoms with Crippen molar-refractivity contribution < 1.29 is 48.9 Å². The summed E-state index contributed by atoms with van der Waals surface area (Å²) in [7, 11) is 1.47. The monoisotopic (exact) mass is 948 g/mol. The van der Waals surface area contributed by atoms with Crippen molar-refractivity contribution in [2.75, 3.05) is 11.0 Å². The number of amides is 1. The molecule has 1 saturated carbocycles. The Bertz CT molecular complexity index is 3150. The van der Waals surface area contributed by atoms with Crippen molar-refractivity contribution in [1.29, 1.82) is 0 Å². The molecule has 1 amide bonds. The first-order valence-corrected chi connectivity index (χ1v) is 21.3. The Labute approximate surface area is 368 Å². The van der Waals surface area contributed by atoms with E-state index in [0.717, 1.165) is 16.7 Å². The van der Waals surface area contributed by atoms with Gasteiger partial charge in [0, 0.05) is 42.3 Å². The van der Waals surface area contributed by atoms with Crippen LogP contribution in [-0.2, 0) is 48.3 Å². The topological polar surface area (TPSA) is 160 Å². The molecule has 4 heterocycles. The Balaban J connectivity index is 1.26. The molecule has 0 saturated heterocycles. The van der Waals surface area contributed by atoms with Crippen molar-refractivity contribution in [3.8, 4) is 16.9 Å². The maximum atomic E-state index is 15.5. The maximum Gasteiger partial charge on any atom is 0.451 e. The van der Waals surface area contributed by atoms with Crippen LogP contribution in [0, 0.1) is 24.5 Å². The quantitative estimate of drug-likeness (QED) is 0.0964. The summed E-state index contributed by atoms with van der Waals surface area (Å²) in [5.74, 6) is -10.7. The highest BCUT2D eigenvalue weighted by atomic mass is 35.5. The number of hydrogen-bond donors (Lipinski definition) is 2. The first-order chi connectivity index (χ1) is 30.6. The van der Waals surface area contributed by atoms with Crippen molar-refractivity contribution in [2.24, 2.45) is 13.0 Å². The van der Waals surface area contributed by atoms with E-state index in [4.69, 9.17) is 16.6 Å². The molecule has 2 aliphatic carbocycles. The number of aryl methyl sites for hydroxylation is 2. The number of hydrogen-bond acceptors (Lipinski definition) is 9. The second kappa shape index (κ2) is 15.8.